The summed E-state index contributed by atoms with van der Waals surface area (Å²) in [6, 6.07) is 12.9. The zero-order valence-corrected chi connectivity index (χ0v) is 13.2. The van der Waals surface area contributed by atoms with Gasteiger partial charge in [0, 0.05) is 5.69 Å². The van der Waals surface area contributed by atoms with Crippen LogP contribution in [0.1, 0.15) is 16.2 Å². The monoisotopic (exact) mass is 326 g/mol. The number of anilines is 1. The zero-order valence-electron chi connectivity index (χ0n) is 13.2. The summed E-state index contributed by atoms with van der Waals surface area (Å²) >= 11 is 0. The molecule has 0 bridgehead atoms. The van der Waals surface area contributed by atoms with Crippen LogP contribution in [0.3, 0.4) is 0 Å². The molecule has 1 N–H and O–H groups in total. The standard InChI is InChI=1S/C17H15FN4O2/c1-11-16(17(23)19-13-5-3-4-12(18)10-13)20-21-22(11)14-6-8-15(24-2)9-7-14/h3-10H,1-2H3,(H,19,23). The molecule has 3 aromatic rings. The van der Waals surface area contributed by atoms with E-state index in [1.165, 1.54) is 18.2 Å². The summed E-state index contributed by atoms with van der Waals surface area (Å²) in [6.07, 6.45) is 0. The number of hydrogen-bond donors (Lipinski definition) is 1. The number of ether oxygens (including phenoxy) is 1. The number of nitrogens with zero attached hydrogens (tertiary/aromatic N) is 3. The van der Waals surface area contributed by atoms with E-state index >= 15 is 0 Å². The van der Waals surface area contributed by atoms with Crippen molar-refractivity contribution in [2.24, 2.45) is 0 Å². The van der Waals surface area contributed by atoms with Crippen molar-refractivity contribution in [3.63, 3.8) is 0 Å². The Bertz CT molecular complexity index is 875. The highest BCUT2D eigenvalue weighted by Crippen LogP contribution is 2.17. The molecule has 1 aromatic heterocycles. The normalized spacial score (nSPS) is 10.5. The summed E-state index contributed by atoms with van der Waals surface area (Å²) < 4.78 is 19.9. The molecule has 6 nitrogen and oxygen atoms in total. The molecule has 24 heavy (non-hydrogen) atoms. The Kier molecular flexibility index (Phi) is 4.24. The van der Waals surface area contributed by atoms with E-state index in [1.807, 2.05) is 12.1 Å². The third-order valence-electron chi connectivity index (χ3n) is 3.51. The minimum atomic E-state index is -0.446. The fraction of sp³-hybridized carbons (Fsp3) is 0.118. The van der Waals surface area contributed by atoms with Crippen LogP contribution >= 0.6 is 0 Å². The Hall–Kier alpha value is -3.22. The van der Waals surface area contributed by atoms with Crippen LogP contribution in [0, 0.1) is 12.7 Å². The highest BCUT2D eigenvalue weighted by atomic mass is 19.1. The predicted molar refractivity (Wildman–Crippen MR) is 87.0 cm³/mol. The molecule has 2 aromatic carbocycles. The van der Waals surface area contributed by atoms with Crippen molar-refractivity contribution in [2.75, 3.05) is 12.4 Å². The second kappa shape index (κ2) is 6.49. The molecule has 0 fully saturated rings. The maximum atomic E-state index is 13.2. The summed E-state index contributed by atoms with van der Waals surface area (Å²) in [5.74, 6) is -0.148. The quantitative estimate of drug-likeness (QED) is 0.800. The number of aromatic nitrogens is 3. The van der Waals surface area contributed by atoms with Crippen molar-refractivity contribution in [1.29, 1.82) is 0 Å². The largest absolute Gasteiger partial charge is 0.497 e. The van der Waals surface area contributed by atoms with Crippen LogP contribution in [0.4, 0.5) is 10.1 Å². The van der Waals surface area contributed by atoms with E-state index in [2.05, 4.69) is 15.6 Å². The van der Waals surface area contributed by atoms with Crippen molar-refractivity contribution in [1.82, 2.24) is 15.0 Å². The fourth-order valence-corrected chi connectivity index (χ4v) is 2.26. The number of methoxy groups -OCH3 is 1. The van der Waals surface area contributed by atoms with Crippen molar-refractivity contribution in [3.8, 4) is 11.4 Å². The Labute approximate surface area is 137 Å². The summed E-state index contributed by atoms with van der Waals surface area (Å²) in [4.78, 5) is 12.3. The van der Waals surface area contributed by atoms with Crippen LogP contribution in [0.25, 0.3) is 5.69 Å². The van der Waals surface area contributed by atoms with Crippen LogP contribution in [0.5, 0.6) is 5.75 Å². The van der Waals surface area contributed by atoms with Crippen LogP contribution in [-0.4, -0.2) is 28.0 Å². The van der Waals surface area contributed by atoms with Crippen molar-refractivity contribution < 1.29 is 13.9 Å². The number of nitrogens with one attached hydrogen (secondary N) is 1. The van der Waals surface area contributed by atoms with E-state index in [1.54, 1.807) is 36.9 Å². The van der Waals surface area contributed by atoms with Gasteiger partial charge in [-0.05, 0) is 49.4 Å². The molecule has 0 unspecified atom stereocenters. The Morgan fingerprint density at radius 3 is 2.62 bits per heavy atom. The third kappa shape index (κ3) is 3.10. The van der Waals surface area contributed by atoms with Crippen molar-refractivity contribution in [3.05, 3.63) is 65.7 Å². The van der Waals surface area contributed by atoms with Gasteiger partial charge in [-0.15, -0.1) is 5.10 Å². The second-order valence-corrected chi connectivity index (χ2v) is 5.10. The molecule has 0 spiro atoms. The predicted octanol–water partition coefficient (Wildman–Crippen LogP) is 2.98. The number of hydrogen-bond acceptors (Lipinski definition) is 4. The lowest BCUT2D eigenvalue weighted by molar-refractivity contribution is 0.102. The van der Waals surface area contributed by atoms with E-state index in [0.29, 0.717) is 11.4 Å². The van der Waals surface area contributed by atoms with Crippen LogP contribution in [0.15, 0.2) is 48.5 Å². The maximum Gasteiger partial charge on any atom is 0.278 e. The van der Waals surface area contributed by atoms with Crippen LogP contribution in [-0.2, 0) is 0 Å². The van der Waals surface area contributed by atoms with Crippen LogP contribution in [0.2, 0.25) is 0 Å². The lowest BCUT2D eigenvalue weighted by Gasteiger charge is -2.06. The van der Waals surface area contributed by atoms with Gasteiger partial charge >= 0.3 is 0 Å². The summed E-state index contributed by atoms with van der Waals surface area (Å²) in [6.45, 7) is 1.74. The zero-order chi connectivity index (χ0) is 17.1. The van der Waals surface area contributed by atoms with Gasteiger partial charge in [0.2, 0.25) is 0 Å². The van der Waals surface area contributed by atoms with Gasteiger partial charge in [-0.1, -0.05) is 11.3 Å². The minimum absolute atomic E-state index is 0.176. The van der Waals surface area contributed by atoms with E-state index in [4.69, 9.17) is 4.74 Å². The van der Waals surface area contributed by atoms with Crippen LogP contribution < -0.4 is 10.1 Å². The molecule has 3 rings (SSSR count). The molecule has 7 heteroatoms. The molecule has 0 aliphatic carbocycles. The molecule has 0 saturated heterocycles. The molecule has 0 aliphatic heterocycles. The smallest absolute Gasteiger partial charge is 0.278 e. The topological polar surface area (TPSA) is 69.0 Å². The summed E-state index contributed by atoms with van der Waals surface area (Å²) in [5, 5.41) is 10.5. The molecule has 1 amide bonds. The number of carbonyl (C=O) groups is 1. The number of carbonyl (C=O) groups excluding carboxylic acids is 1. The Morgan fingerprint density at radius 1 is 1.21 bits per heavy atom. The van der Waals surface area contributed by atoms with Gasteiger partial charge in [-0.25, -0.2) is 9.07 Å². The number of amides is 1. The Balaban J connectivity index is 1.84. The highest BCUT2D eigenvalue weighted by Gasteiger charge is 2.17. The number of rotatable bonds is 4. The average molecular weight is 326 g/mol. The lowest BCUT2D eigenvalue weighted by Crippen LogP contribution is -2.14. The SMILES string of the molecule is COc1ccc(-n2nnc(C(=O)Nc3cccc(F)c3)c2C)cc1. The first-order valence-corrected chi connectivity index (χ1v) is 7.22. The second-order valence-electron chi connectivity index (χ2n) is 5.10. The van der Waals surface area contributed by atoms with Gasteiger partial charge in [-0.3, -0.25) is 4.79 Å². The summed E-state index contributed by atoms with van der Waals surface area (Å²) in [7, 11) is 1.59. The molecule has 0 atom stereocenters. The van der Waals surface area contributed by atoms with Gasteiger partial charge in [0.25, 0.3) is 5.91 Å². The summed E-state index contributed by atoms with van der Waals surface area (Å²) in [5.41, 5.74) is 1.87. The van der Waals surface area contributed by atoms with Gasteiger partial charge in [0.1, 0.15) is 11.6 Å². The number of halogens is 1. The van der Waals surface area contributed by atoms with E-state index in [0.717, 1.165) is 11.4 Å². The average Bonchev–Trinajstić information content (AvgIpc) is 2.96. The van der Waals surface area contributed by atoms with Gasteiger partial charge in [-0.2, -0.15) is 0 Å². The first-order valence-electron chi connectivity index (χ1n) is 7.22. The number of benzene rings is 2. The van der Waals surface area contributed by atoms with Gasteiger partial charge in [0.15, 0.2) is 5.69 Å². The van der Waals surface area contributed by atoms with E-state index < -0.39 is 11.7 Å². The van der Waals surface area contributed by atoms with Gasteiger partial charge in [0.05, 0.1) is 18.5 Å². The third-order valence-corrected chi connectivity index (χ3v) is 3.51. The fourth-order valence-electron chi connectivity index (χ4n) is 2.26. The van der Waals surface area contributed by atoms with Crippen molar-refractivity contribution >= 4 is 11.6 Å². The van der Waals surface area contributed by atoms with E-state index in [9.17, 15) is 9.18 Å². The lowest BCUT2D eigenvalue weighted by atomic mass is 10.2. The molecular weight excluding hydrogens is 311 g/mol. The maximum absolute atomic E-state index is 13.2. The highest BCUT2D eigenvalue weighted by molar-refractivity contribution is 6.03. The molecule has 0 saturated carbocycles. The first-order chi connectivity index (χ1) is 11.6. The Morgan fingerprint density at radius 2 is 1.96 bits per heavy atom. The van der Waals surface area contributed by atoms with Gasteiger partial charge < -0.3 is 10.1 Å². The molecule has 1 heterocycles. The molecule has 0 aliphatic rings. The first kappa shape index (κ1) is 15.7. The molecule has 0 radical (unpaired) electrons. The van der Waals surface area contributed by atoms with Crippen molar-refractivity contribution in [2.45, 2.75) is 6.92 Å². The minimum Gasteiger partial charge on any atom is -0.497 e. The molecule has 122 valence electrons. The van der Waals surface area contributed by atoms with E-state index in [-0.39, 0.29) is 5.69 Å². The molecular formula is C17H15FN4O2.